The smallest absolute Gasteiger partial charge is 0.223 e. The molecule has 2 aromatic rings. The van der Waals surface area contributed by atoms with Crippen molar-refractivity contribution < 1.29 is 9.53 Å². The molecule has 1 atom stereocenters. The number of carbonyl (C=O) groups is 1. The van der Waals surface area contributed by atoms with Crippen molar-refractivity contribution in [2.75, 3.05) is 44.3 Å². The van der Waals surface area contributed by atoms with Crippen molar-refractivity contribution in [2.45, 2.75) is 12.8 Å². The largest absolute Gasteiger partial charge is 0.381 e. The quantitative estimate of drug-likeness (QED) is 0.859. The molecular weight excluding hydrogens is 304 g/mol. The van der Waals surface area contributed by atoms with Gasteiger partial charge in [0.05, 0.1) is 6.20 Å². The molecule has 126 valence electrons. The topological polar surface area (TPSA) is 58.6 Å². The highest BCUT2D eigenvalue weighted by molar-refractivity contribution is 5.91. The third-order valence-electron chi connectivity index (χ3n) is 4.97. The zero-order valence-electron chi connectivity index (χ0n) is 13.7. The fourth-order valence-electron chi connectivity index (χ4n) is 3.53. The minimum absolute atomic E-state index is 0.258. The number of hydrogen-bond donors (Lipinski definition) is 0. The van der Waals surface area contributed by atoms with Gasteiger partial charge in [0.2, 0.25) is 5.91 Å². The molecule has 2 aliphatic rings. The highest BCUT2D eigenvalue weighted by Gasteiger charge is 2.26. The van der Waals surface area contributed by atoms with Crippen LogP contribution < -0.4 is 4.90 Å². The summed E-state index contributed by atoms with van der Waals surface area (Å²) in [6.07, 6.45) is 3.42. The molecule has 1 aromatic heterocycles. The van der Waals surface area contributed by atoms with Gasteiger partial charge in [-0.3, -0.25) is 4.79 Å². The third-order valence-corrected chi connectivity index (χ3v) is 4.97. The lowest BCUT2D eigenvalue weighted by molar-refractivity contribution is -0.132. The molecule has 24 heavy (non-hydrogen) atoms. The second-order valence-corrected chi connectivity index (χ2v) is 6.56. The number of fused-ring (bicyclic) bond motifs is 1. The van der Waals surface area contributed by atoms with Gasteiger partial charge >= 0.3 is 0 Å². The molecule has 2 aliphatic heterocycles. The van der Waals surface area contributed by atoms with E-state index in [9.17, 15) is 4.79 Å². The first-order valence-electron chi connectivity index (χ1n) is 8.62. The van der Waals surface area contributed by atoms with Crippen LogP contribution in [0.15, 0.2) is 30.5 Å². The molecule has 4 rings (SSSR count). The predicted molar refractivity (Wildman–Crippen MR) is 91.9 cm³/mol. The van der Waals surface area contributed by atoms with Crippen LogP contribution in [0, 0.1) is 5.92 Å². The minimum atomic E-state index is 0.258. The van der Waals surface area contributed by atoms with Gasteiger partial charge in [-0.1, -0.05) is 24.3 Å². The minimum Gasteiger partial charge on any atom is -0.381 e. The number of nitrogens with zero attached hydrogens (tertiary/aromatic N) is 4. The van der Waals surface area contributed by atoms with Gasteiger partial charge in [0.1, 0.15) is 0 Å². The van der Waals surface area contributed by atoms with E-state index in [1.54, 1.807) is 6.20 Å². The standard InChI is InChI=1S/C18H22N4O2/c23-17(11-14-5-10-24-13-14)21-6-8-22(9-7-21)18-16-4-2-1-3-15(16)12-19-20-18/h1-4,12,14H,5-11,13H2/t14-/m0/s1. The SMILES string of the molecule is O=C(C[C@@H]1CCOC1)N1CCN(c2nncc3ccccc23)CC1. The van der Waals surface area contributed by atoms with Gasteiger partial charge in [0.25, 0.3) is 0 Å². The van der Waals surface area contributed by atoms with E-state index in [-0.39, 0.29) is 5.91 Å². The summed E-state index contributed by atoms with van der Waals surface area (Å²) in [6.45, 7) is 4.63. The Morgan fingerprint density at radius 1 is 1.21 bits per heavy atom. The van der Waals surface area contributed by atoms with Gasteiger partial charge in [-0.25, -0.2) is 0 Å². The van der Waals surface area contributed by atoms with Gasteiger partial charge in [0, 0.05) is 56.6 Å². The van der Waals surface area contributed by atoms with Crippen molar-refractivity contribution in [3.05, 3.63) is 30.5 Å². The summed E-state index contributed by atoms with van der Waals surface area (Å²) in [7, 11) is 0. The Labute approximate surface area is 141 Å². The number of piperazine rings is 1. The molecule has 0 N–H and O–H groups in total. The second kappa shape index (κ2) is 6.73. The molecule has 1 aromatic carbocycles. The average molecular weight is 326 g/mol. The fourth-order valence-corrected chi connectivity index (χ4v) is 3.53. The Morgan fingerprint density at radius 3 is 2.83 bits per heavy atom. The van der Waals surface area contributed by atoms with Crippen LogP contribution in [0.3, 0.4) is 0 Å². The Bertz CT molecular complexity index is 717. The van der Waals surface area contributed by atoms with E-state index >= 15 is 0 Å². The first-order valence-corrected chi connectivity index (χ1v) is 8.62. The molecule has 0 bridgehead atoms. The zero-order valence-corrected chi connectivity index (χ0v) is 13.7. The average Bonchev–Trinajstić information content (AvgIpc) is 3.14. The molecule has 0 aliphatic carbocycles. The number of ether oxygens (including phenoxy) is 1. The Kier molecular flexibility index (Phi) is 4.30. The Hall–Kier alpha value is -2.21. The normalized spacial score (nSPS) is 21.4. The molecule has 0 radical (unpaired) electrons. The number of carbonyl (C=O) groups excluding carboxylic acids is 1. The van der Waals surface area contributed by atoms with Crippen LogP contribution in [0.5, 0.6) is 0 Å². The monoisotopic (exact) mass is 326 g/mol. The first kappa shape index (κ1) is 15.3. The van der Waals surface area contributed by atoms with E-state index in [0.29, 0.717) is 12.3 Å². The Balaban J connectivity index is 1.41. The maximum Gasteiger partial charge on any atom is 0.223 e. The molecule has 0 spiro atoms. The summed E-state index contributed by atoms with van der Waals surface area (Å²) in [5.74, 6) is 1.58. The van der Waals surface area contributed by atoms with E-state index < -0.39 is 0 Å². The number of anilines is 1. The van der Waals surface area contributed by atoms with Gasteiger partial charge in [-0.2, -0.15) is 5.10 Å². The van der Waals surface area contributed by atoms with E-state index in [2.05, 4.69) is 27.2 Å². The molecule has 0 saturated carbocycles. The summed E-state index contributed by atoms with van der Waals surface area (Å²) in [5, 5.41) is 10.7. The lowest BCUT2D eigenvalue weighted by atomic mass is 10.0. The van der Waals surface area contributed by atoms with Gasteiger partial charge in [-0.15, -0.1) is 5.10 Å². The van der Waals surface area contributed by atoms with Crippen LogP contribution in [-0.2, 0) is 9.53 Å². The summed E-state index contributed by atoms with van der Waals surface area (Å²) in [5.41, 5.74) is 0. The van der Waals surface area contributed by atoms with Gasteiger partial charge in [-0.05, 0) is 12.3 Å². The molecular formula is C18H22N4O2. The van der Waals surface area contributed by atoms with Crippen LogP contribution in [0.4, 0.5) is 5.82 Å². The number of aromatic nitrogens is 2. The lowest BCUT2D eigenvalue weighted by Gasteiger charge is -2.36. The van der Waals surface area contributed by atoms with Crippen molar-refractivity contribution in [3.63, 3.8) is 0 Å². The maximum atomic E-state index is 12.4. The van der Waals surface area contributed by atoms with Crippen molar-refractivity contribution in [3.8, 4) is 0 Å². The molecule has 2 saturated heterocycles. The van der Waals surface area contributed by atoms with Crippen molar-refractivity contribution in [1.82, 2.24) is 15.1 Å². The van der Waals surface area contributed by atoms with E-state index in [4.69, 9.17) is 4.74 Å². The summed E-state index contributed by atoms with van der Waals surface area (Å²) >= 11 is 0. The van der Waals surface area contributed by atoms with Crippen LogP contribution in [0.1, 0.15) is 12.8 Å². The summed E-state index contributed by atoms with van der Waals surface area (Å²) in [6, 6.07) is 8.17. The van der Waals surface area contributed by atoms with E-state index in [0.717, 1.165) is 62.4 Å². The summed E-state index contributed by atoms with van der Waals surface area (Å²) in [4.78, 5) is 16.6. The molecule has 3 heterocycles. The molecule has 0 unspecified atom stereocenters. The highest BCUT2D eigenvalue weighted by atomic mass is 16.5. The Morgan fingerprint density at radius 2 is 2.04 bits per heavy atom. The molecule has 6 heteroatoms. The maximum absolute atomic E-state index is 12.4. The van der Waals surface area contributed by atoms with Gasteiger partial charge < -0.3 is 14.5 Å². The number of benzene rings is 1. The molecule has 6 nitrogen and oxygen atoms in total. The molecule has 1 amide bonds. The fraction of sp³-hybridized carbons (Fsp3) is 0.500. The van der Waals surface area contributed by atoms with Crippen LogP contribution in [0.25, 0.3) is 10.8 Å². The van der Waals surface area contributed by atoms with E-state index in [1.807, 2.05) is 17.0 Å². The molecule has 2 fully saturated rings. The van der Waals surface area contributed by atoms with Crippen LogP contribution in [-0.4, -0.2) is 60.4 Å². The van der Waals surface area contributed by atoms with Crippen molar-refractivity contribution in [1.29, 1.82) is 0 Å². The van der Waals surface area contributed by atoms with E-state index in [1.165, 1.54) is 0 Å². The zero-order chi connectivity index (χ0) is 16.4. The number of hydrogen-bond acceptors (Lipinski definition) is 5. The van der Waals surface area contributed by atoms with Crippen molar-refractivity contribution >= 4 is 22.5 Å². The number of rotatable bonds is 3. The van der Waals surface area contributed by atoms with Crippen LogP contribution in [0.2, 0.25) is 0 Å². The third kappa shape index (κ3) is 3.06. The van der Waals surface area contributed by atoms with Gasteiger partial charge in [0.15, 0.2) is 5.82 Å². The summed E-state index contributed by atoms with van der Waals surface area (Å²) < 4.78 is 5.37. The second-order valence-electron chi connectivity index (χ2n) is 6.56. The lowest BCUT2D eigenvalue weighted by Crippen LogP contribution is -2.49. The highest BCUT2D eigenvalue weighted by Crippen LogP contribution is 2.24. The number of amides is 1. The van der Waals surface area contributed by atoms with Crippen molar-refractivity contribution in [2.24, 2.45) is 5.92 Å². The van der Waals surface area contributed by atoms with Crippen LogP contribution >= 0.6 is 0 Å². The first-order chi connectivity index (χ1) is 11.8. The predicted octanol–water partition coefficient (Wildman–Crippen LogP) is 1.70.